The van der Waals surface area contributed by atoms with E-state index in [-0.39, 0.29) is 5.82 Å². The molecule has 0 fully saturated rings. The van der Waals surface area contributed by atoms with Gasteiger partial charge >= 0.3 is 0 Å². The van der Waals surface area contributed by atoms with Gasteiger partial charge in [-0.15, -0.1) is 0 Å². The molecule has 0 aliphatic rings. The fraction of sp³-hybridized carbons (Fsp3) is 0.182. The molecule has 0 atom stereocenters. The number of nitrogens with one attached hydrogen (secondary N) is 1. The highest BCUT2D eigenvalue weighted by molar-refractivity contribution is 6.09. The van der Waals surface area contributed by atoms with Crippen LogP contribution in [0.1, 0.15) is 5.69 Å². The number of nitrogens with two attached hydrogens (primary N) is 1. The third-order valence-electron chi connectivity index (χ3n) is 2.32. The molecule has 94 valence electrons. The summed E-state index contributed by atoms with van der Waals surface area (Å²) in [5.41, 5.74) is 6.74. The van der Waals surface area contributed by atoms with E-state index in [1.165, 1.54) is 0 Å². The SMILES string of the molecule is C/N=C(\Nc1ccccc1OC)c1nonc1N. The maximum absolute atomic E-state index is 5.62. The molecule has 3 N–H and O–H groups in total. The summed E-state index contributed by atoms with van der Waals surface area (Å²) in [6.45, 7) is 0. The van der Waals surface area contributed by atoms with Crippen molar-refractivity contribution < 1.29 is 9.37 Å². The average Bonchev–Trinajstić information content (AvgIpc) is 2.82. The number of methoxy groups -OCH3 is 1. The fourth-order valence-corrected chi connectivity index (χ4v) is 1.46. The Morgan fingerprint density at radius 3 is 2.78 bits per heavy atom. The van der Waals surface area contributed by atoms with Crippen LogP contribution in [0.2, 0.25) is 0 Å². The molecule has 0 unspecified atom stereocenters. The zero-order valence-electron chi connectivity index (χ0n) is 10.0. The highest BCUT2D eigenvalue weighted by atomic mass is 16.6. The highest BCUT2D eigenvalue weighted by Crippen LogP contribution is 2.24. The van der Waals surface area contributed by atoms with Gasteiger partial charge in [-0.3, -0.25) is 4.99 Å². The van der Waals surface area contributed by atoms with Crippen LogP contribution in [0, 0.1) is 0 Å². The Labute approximate surface area is 104 Å². The van der Waals surface area contributed by atoms with Gasteiger partial charge in [-0.05, 0) is 22.4 Å². The number of amidine groups is 1. The molecule has 2 rings (SSSR count). The zero-order valence-corrected chi connectivity index (χ0v) is 10.0. The number of nitrogens with zero attached hydrogens (tertiary/aromatic N) is 3. The number of nitrogen functional groups attached to an aromatic ring is 1. The van der Waals surface area contributed by atoms with E-state index >= 15 is 0 Å². The number of rotatable bonds is 3. The first kappa shape index (κ1) is 11.9. The molecule has 0 spiro atoms. The van der Waals surface area contributed by atoms with Gasteiger partial charge in [0.2, 0.25) is 0 Å². The largest absolute Gasteiger partial charge is 0.495 e. The summed E-state index contributed by atoms with van der Waals surface area (Å²) >= 11 is 0. The van der Waals surface area contributed by atoms with Gasteiger partial charge in [0.25, 0.3) is 0 Å². The summed E-state index contributed by atoms with van der Waals surface area (Å²) < 4.78 is 9.78. The Morgan fingerprint density at radius 2 is 2.17 bits per heavy atom. The van der Waals surface area contributed by atoms with E-state index in [9.17, 15) is 0 Å². The van der Waals surface area contributed by atoms with Crippen LogP contribution < -0.4 is 15.8 Å². The summed E-state index contributed by atoms with van der Waals surface area (Å²) in [5.74, 6) is 1.32. The van der Waals surface area contributed by atoms with Gasteiger partial charge in [-0.25, -0.2) is 4.63 Å². The molecule has 1 heterocycles. The molecule has 0 saturated carbocycles. The fourth-order valence-electron chi connectivity index (χ4n) is 1.46. The first-order chi connectivity index (χ1) is 8.76. The minimum atomic E-state index is 0.179. The number of para-hydroxylation sites is 2. The number of hydrogen-bond donors (Lipinski definition) is 2. The Bertz CT molecular complexity index is 564. The van der Waals surface area contributed by atoms with Crippen molar-refractivity contribution >= 4 is 17.3 Å². The Balaban J connectivity index is 2.30. The van der Waals surface area contributed by atoms with E-state index in [0.717, 1.165) is 5.69 Å². The van der Waals surface area contributed by atoms with Gasteiger partial charge in [0.1, 0.15) is 5.75 Å². The van der Waals surface area contributed by atoms with Crippen molar-refractivity contribution in [2.75, 3.05) is 25.2 Å². The lowest BCUT2D eigenvalue weighted by Gasteiger charge is -2.10. The van der Waals surface area contributed by atoms with Crippen LogP contribution in [0.15, 0.2) is 33.9 Å². The second-order valence-corrected chi connectivity index (χ2v) is 3.40. The van der Waals surface area contributed by atoms with Crippen LogP contribution in [-0.4, -0.2) is 30.3 Å². The molecule has 0 aliphatic carbocycles. The predicted molar refractivity (Wildman–Crippen MR) is 67.8 cm³/mol. The Morgan fingerprint density at radius 1 is 1.39 bits per heavy atom. The summed E-state index contributed by atoms with van der Waals surface area (Å²) in [6.07, 6.45) is 0. The lowest BCUT2D eigenvalue weighted by molar-refractivity contribution is 0.308. The molecule has 0 bridgehead atoms. The summed E-state index contributed by atoms with van der Waals surface area (Å²) in [4.78, 5) is 4.07. The minimum Gasteiger partial charge on any atom is -0.495 e. The second-order valence-electron chi connectivity index (χ2n) is 3.40. The van der Waals surface area contributed by atoms with Crippen molar-refractivity contribution in [3.63, 3.8) is 0 Å². The second kappa shape index (κ2) is 5.17. The molecule has 2 aromatic rings. The van der Waals surface area contributed by atoms with Crippen molar-refractivity contribution in [2.45, 2.75) is 0 Å². The third-order valence-corrected chi connectivity index (χ3v) is 2.32. The number of anilines is 2. The van der Waals surface area contributed by atoms with Crippen LogP contribution in [0.25, 0.3) is 0 Å². The first-order valence-corrected chi connectivity index (χ1v) is 5.21. The summed E-state index contributed by atoms with van der Waals surface area (Å²) in [7, 11) is 3.21. The average molecular weight is 247 g/mol. The molecule has 7 nitrogen and oxygen atoms in total. The molecule has 18 heavy (non-hydrogen) atoms. The summed E-state index contributed by atoms with van der Waals surface area (Å²) in [6, 6.07) is 7.44. The van der Waals surface area contributed by atoms with E-state index in [1.807, 2.05) is 24.3 Å². The van der Waals surface area contributed by atoms with Crippen LogP contribution in [0.3, 0.4) is 0 Å². The molecule has 1 aromatic carbocycles. The van der Waals surface area contributed by atoms with Crippen LogP contribution in [-0.2, 0) is 0 Å². The lowest BCUT2D eigenvalue weighted by Crippen LogP contribution is -2.16. The van der Waals surface area contributed by atoms with E-state index in [4.69, 9.17) is 10.5 Å². The predicted octanol–water partition coefficient (Wildman–Crippen LogP) is 1.15. The number of benzene rings is 1. The van der Waals surface area contributed by atoms with Gasteiger partial charge in [-0.1, -0.05) is 12.1 Å². The first-order valence-electron chi connectivity index (χ1n) is 5.21. The smallest absolute Gasteiger partial charge is 0.199 e. The quantitative estimate of drug-likeness (QED) is 0.623. The minimum absolute atomic E-state index is 0.179. The van der Waals surface area contributed by atoms with E-state index < -0.39 is 0 Å². The van der Waals surface area contributed by atoms with Crippen molar-refractivity contribution in [1.29, 1.82) is 0 Å². The van der Waals surface area contributed by atoms with Crippen molar-refractivity contribution in [3.05, 3.63) is 30.0 Å². The molecule has 1 aromatic heterocycles. The van der Waals surface area contributed by atoms with Crippen molar-refractivity contribution in [2.24, 2.45) is 4.99 Å². The molecule has 0 radical (unpaired) electrons. The number of ether oxygens (including phenoxy) is 1. The van der Waals surface area contributed by atoms with Crippen LogP contribution >= 0.6 is 0 Å². The van der Waals surface area contributed by atoms with Gasteiger partial charge in [0.05, 0.1) is 12.8 Å². The highest BCUT2D eigenvalue weighted by Gasteiger charge is 2.14. The van der Waals surface area contributed by atoms with E-state index in [0.29, 0.717) is 17.3 Å². The third kappa shape index (κ3) is 2.24. The Hall–Kier alpha value is -2.57. The van der Waals surface area contributed by atoms with Crippen LogP contribution in [0.5, 0.6) is 5.75 Å². The van der Waals surface area contributed by atoms with Crippen molar-refractivity contribution in [1.82, 2.24) is 10.3 Å². The van der Waals surface area contributed by atoms with E-state index in [2.05, 4.69) is 25.3 Å². The van der Waals surface area contributed by atoms with Crippen molar-refractivity contribution in [3.8, 4) is 5.75 Å². The molecule has 0 aliphatic heterocycles. The van der Waals surface area contributed by atoms with Gasteiger partial charge in [-0.2, -0.15) is 0 Å². The molecule has 7 heteroatoms. The topological polar surface area (TPSA) is 98.6 Å². The normalized spacial score (nSPS) is 11.3. The lowest BCUT2D eigenvalue weighted by atomic mass is 10.2. The Kier molecular flexibility index (Phi) is 3.42. The number of aromatic nitrogens is 2. The van der Waals surface area contributed by atoms with Crippen LogP contribution in [0.4, 0.5) is 11.5 Å². The zero-order chi connectivity index (χ0) is 13.0. The molecular weight excluding hydrogens is 234 g/mol. The van der Waals surface area contributed by atoms with Gasteiger partial charge < -0.3 is 15.8 Å². The standard InChI is InChI=1S/C11H13N5O2/c1-13-11(9-10(12)16-18-15-9)14-7-5-3-4-6-8(7)17-2/h3-6H,1-2H3,(H2,12,16)(H,13,14). The number of aliphatic imine (C=N–C) groups is 1. The van der Waals surface area contributed by atoms with E-state index in [1.54, 1.807) is 14.2 Å². The molecule has 0 saturated heterocycles. The van der Waals surface area contributed by atoms with Gasteiger partial charge in [0, 0.05) is 7.05 Å². The monoisotopic (exact) mass is 247 g/mol. The summed E-state index contributed by atoms with van der Waals surface area (Å²) in [5, 5.41) is 10.3. The number of hydrogen-bond acceptors (Lipinski definition) is 6. The molecular formula is C11H13N5O2. The van der Waals surface area contributed by atoms with Gasteiger partial charge in [0.15, 0.2) is 17.3 Å². The maximum atomic E-state index is 5.62. The maximum Gasteiger partial charge on any atom is 0.199 e. The molecule has 0 amide bonds.